The smallest absolute Gasteiger partial charge is 0.325 e. The van der Waals surface area contributed by atoms with E-state index < -0.39 is 11.8 Å². The predicted molar refractivity (Wildman–Crippen MR) is 125 cm³/mol. The van der Waals surface area contributed by atoms with Gasteiger partial charge in [-0.25, -0.2) is 4.98 Å². The van der Waals surface area contributed by atoms with Gasteiger partial charge in [0.1, 0.15) is 11.4 Å². The van der Waals surface area contributed by atoms with E-state index in [1.54, 1.807) is 38.1 Å². The van der Waals surface area contributed by atoms with Crippen LogP contribution >= 0.6 is 12.2 Å². The number of benzene rings is 2. The van der Waals surface area contributed by atoms with Gasteiger partial charge in [0.2, 0.25) is 0 Å². The van der Waals surface area contributed by atoms with Crippen molar-refractivity contribution in [1.29, 1.82) is 0 Å². The molecular weight excluding hydrogens is 444 g/mol. The van der Waals surface area contributed by atoms with Crippen molar-refractivity contribution in [2.24, 2.45) is 0 Å². The van der Waals surface area contributed by atoms with Crippen LogP contribution < -0.4 is 25.6 Å². The Morgan fingerprint density at radius 2 is 1.73 bits per heavy atom. The first-order valence-corrected chi connectivity index (χ1v) is 10.7. The number of nitrogens with zero attached hydrogens (tertiary/aromatic N) is 1. The Morgan fingerprint density at radius 3 is 2.42 bits per heavy atom. The minimum Gasteiger partial charge on any atom is -0.493 e. The zero-order valence-corrected chi connectivity index (χ0v) is 19.0. The standard InChI is InChI=1S/C23H24N4O5S/c1-3-30-22-15(2)24-21(32-22)20(29)26-27-23(33)25-19(28)17-9-11-18(12-10-17)31-14-13-16-7-5-4-6-8-16/h4-12H,3,13-14H2,1-2H3,(H,26,29)(H2,25,27,28,33). The SMILES string of the molecule is CCOc1oc(C(=O)NNC(=S)NC(=O)c2ccc(OCCc3ccccc3)cc2)nc1C. The number of nitrogens with one attached hydrogen (secondary N) is 3. The maximum absolute atomic E-state index is 12.4. The molecule has 3 rings (SSSR count). The number of aromatic nitrogens is 1. The highest BCUT2D eigenvalue weighted by molar-refractivity contribution is 7.80. The summed E-state index contributed by atoms with van der Waals surface area (Å²) < 4.78 is 16.2. The summed E-state index contributed by atoms with van der Waals surface area (Å²) in [5, 5.41) is 2.38. The van der Waals surface area contributed by atoms with Crippen molar-refractivity contribution in [3.8, 4) is 11.7 Å². The zero-order valence-electron chi connectivity index (χ0n) is 18.2. The lowest BCUT2D eigenvalue weighted by Crippen LogP contribution is -2.48. The monoisotopic (exact) mass is 468 g/mol. The summed E-state index contributed by atoms with van der Waals surface area (Å²) in [5.74, 6) is -0.476. The number of aryl methyl sites for hydroxylation is 1. The summed E-state index contributed by atoms with van der Waals surface area (Å²) in [6.07, 6.45) is 0.786. The number of hydrogen-bond donors (Lipinski definition) is 3. The third-order valence-corrected chi connectivity index (χ3v) is 4.56. The molecule has 0 spiro atoms. The Kier molecular flexibility index (Phi) is 8.36. The van der Waals surface area contributed by atoms with E-state index in [2.05, 4.69) is 21.2 Å². The van der Waals surface area contributed by atoms with E-state index in [-0.39, 0.29) is 16.9 Å². The van der Waals surface area contributed by atoms with Gasteiger partial charge in [-0.2, -0.15) is 0 Å². The van der Waals surface area contributed by atoms with Crippen LogP contribution in [0.2, 0.25) is 0 Å². The average molecular weight is 469 g/mol. The summed E-state index contributed by atoms with van der Waals surface area (Å²) in [4.78, 5) is 28.5. The quantitative estimate of drug-likeness (QED) is 0.342. The van der Waals surface area contributed by atoms with Crippen LogP contribution in [0.25, 0.3) is 0 Å². The van der Waals surface area contributed by atoms with E-state index >= 15 is 0 Å². The number of carbonyl (C=O) groups excluding carboxylic acids is 2. The van der Waals surface area contributed by atoms with Crippen LogP contribution in [-0.4, -0.2) is 35.1 Å². The molecule has 0 aliphatic heterocycles. The average Bonchev–Trinajstić information content (AvgIpc) is 3.19. The molecule has 0 bridgehead atoms. The molecule has 33 heavy (non-hydrogen) atoms. The largest absolute Gasteiger partial charge is 0.493 e. The second-order valence-electron chi connectivity index (χ2n) is 6.80. The Labute approximate surface area is 196 Å². The van der Waals surface area contributed by atoms with Gasteiger partial charge in [-0.1, -0.05) is 30.3 Å². The van der Waals surface area contributed by atoms with Crippen molar-refractivity contribution in [1.82, 2.24) is 21.2 Å². The van der Waals surface area contributed by atoms with Crippen LogP contribution in [0, 0.1) is 6.92 Å². The van der Waals surface area contributed by atoms with Gasteiger partial charge in [-0.3, -0.25) is 25.8 Å². The number of oxazole rings is 1. The summed E-state index contributed by atoms with van der Waals surface area (Å²) in [6, 6.07) is 16.7. The van der Waals surface area contributed by atoms with E-state index in [0.717, 1.165) is 6.42 Å². The molecule has 3 aromatic rings. The topological polar surface area (TPSA) is 115 Å². The molecule has 1 aromatic heterocycles. The third-order valence-electron chi connectivity index (χ3n) is 4.36. The highest BCUT2D eigenvalue weighted by Crippen LogP contribution is 2.18. The van der Waals surface area contributed by atoms with E-state index in [4.69, 9.17) is 26.1 Å². The van der Waals surface area contributed by atoms with Gasteiger partial charge in [0.15, 0.2) is 5.11 Å². The second kappa shape index (κ2) is 11.6. The summed E-state index contributed by atoms with van der Waals surface area (Å²) in [6.45, 7) is 4.35. The summed E-state index contributed by atoms with van der Waals surface area (Å²) >= 11 is 5.04. The highest BCUT2D eigenvalue weighted by Gasteiger charge is 2.18. The number of rotatable bonds is 8. The fourth-order valence-electron chi connectivity index (χ4n) is 2.75. The predicted octanol–water partition coefficient (Wildman–Crippen LogP) is 2.95. The van der Waals surface area contributed by atoms with Gasteiger partial charge in [-0.05, 0) is 55.9 Å². The Balaban J connectivity index is 1.43. The molecule has 2 amide bonds. The number of thiocarbonyl (C=S) groups is 1. The Hall–Kier alpha value is -3.92. The number of carbonyl (C=O) groups is 2. The van der Waals surface area contributed by atoms with Crippen molar-refractivity contribution >= 4 is 29.1 Å². The number of amides is 2. The Morgan fingerprint density at radius 1 is 1.00 bits per heavy atom. The molecule has 3 N–H and O–H groups in total. The van der Waals surface area contributed by atoms with Crippen molar-refractivity contribution in [2.75, 3.05) is 13.2 Å². The maximum atomic E-state index is 12.4. The minimum absolute atomic E-state index is 0.0927. The molecule has 172 valence electrons. The Bertz CT molecular complexity index is 1100. The first-order valence-electron chi connectivity index (χ1n) is 10.2. The summed E-state index contributed by atoms with van der Waals surface area (Å²) in [5.41, 5.74) is 6.76. The van der Waals surface area contributed by atoms with Gasteiger partial charge in [0, 0.05) is 12.0 Å². The second-order valence-corrected chi connectivity index (χ2v) is 7.20. The van der Waals surface area contributed by atoms with Crippen molar-refractivity contribution in [2.45, 2.75) is 20.3 Å². The molecule has 0 radical (unpaired) electrons. The molecule has 0 aliphatic carbocycles. The highest BCUT2D eigenvalue weighted by atomic mass is 32.1. The lowest BCUT2D eigenvalue weighted by Gasteiger charge is -2.10. The fraction of sp³-hybridized carbons (Fsp3) is 0.217. The first kappa shape index (κ1) is 23.7. The van der Waals surface area contributed by atoms with E-state index in [0.29, 0.717) is 30.2 Å². The molecule has 1 heterocycles. The fourth-order valence-corrected chi connectivity index (χ4v) is 2.90. The van der Waals surface area contributed by atoms with Crippen LogP contribution in [-0.2, 0) is 6.42 Å². The number of hydrogen-bond acceptors (Lipinski definition) is 7. The molecule has 9 nitrogen and oxygen atoms in total. The van der Waals surface area contributed by atoms with Crippen LogP contribution in [0.3, 0.4) is 0 Å². The minimum atomic E-state index is -0.669. The van der Waals surface area contributed by atoms with Crippen LogP contribution in [0.15, 0.2) is 59.0 Å². The van der Waals surface area contributed by atoms with Crippen molar-refractivity contribution in [3.05, 3.63) is 77.3 Å². The molecular formula is C23H24N4O5S. The van der Waals surface area contributed by atoms with Crippen LogP contribution in [0.1, 0.15) is 39.2 Å². The van der Waals surface area contributed by atoms with Crippen LogP contribution in [0.4, 0.5) is 0 Å². The van der Waals surface area contributed by atoms with E-state index in [1.807, 2.05) is 30.3 Å². The van der Waals surface area contributed by atoms with Gasteiger partial charge < -0.3 is 13.9 Å². The third kappa shape index (κ3) is 7.04. The molecule has 2 aromatic carbocycles. The lowest BCUT2D eigenvalue weighted by molar-refractivity contribution is 0.0896. The van der Waals surface area contributed by atoms with Crippen molar-refractivity contribution in [3.63, 3.8) is 0 Å². The molecule has 0 fully saturated rings. The summed E-state index contributed by atoms with van der Waals surface area (Å²) in [7, 11) is 0. The van der Waals surface area contributed by atoms with Gasteiger partial charge in [0.05, 0.1) is 13.2 Å². The number of ether oxygens (including phenoxy) is 2. The molecule has 0 saturated carbocycles. The molecule has 0 saturated heterocycles. The molecule has 10 heteroatoms. The lowest BCUT2D eigenvalue weighted by atomic mass is 10.2. The normalized spacial score (nSPS) is 10.2. The first-order chi connectivity index (χ1) is 16.0. The van der Waals surface area contributed by atoms with E-state index in [9.17, 15) is 9.59 Å². The van der Waals surface area contributed by atoms with E-state index in [1.165, 1.54) is 5.56 Å². The number of hydrazine groups is 1. The molecule has 0 atom stereocenters. The molecule has 0 aliphatic rings. The zero-order chi connectivity index (χ0) is 23.6. The van der Waals surface area contributed by atoms with Gasteiger partial charge >= 0.3 is 11.9 Å². The molecule has 0 unspecified atom stereocenters. The van der Waals surface area contributed by atoms with Gasteiger partial charge in [0.25, 0.3) is 11.8 Å². The maximum Gasteiger partial charge on any atom is 0.325 e. The van der Waals surface area contributed by atoms with Crippen LogP contribution in [0.5, 0.6) is 11.7 Å². The van der Waals surface area contributed by atoms with Crippen molar-refractivity contribution < 1.29 is 23.5 Å². The van der Waals surface area contributed by atoms with Gasteiger partial charge in [-0.15, -0.1) is 0 Å².